The quantitative estimate of drug-likeness (QED) is 0.665. The topological polar surface area (TPSA) is 26.0 Å². The molecule has 0 saturated heterocycles. The van der Waals surface area contributed by atoms with Gasteiger partial charge in [-0.2, -0.15) is 0 Å². The molecular formula is C13H8BrNO. The number of halogens is 1. The molecule has 3 aromatic rings. The Labute approximate surface area is 108 Å². The van der Waals surface area contributed by atoms with Gasteiger partial charge in [-0.05, 0) is 40.1 Å². The van der Waals surface area contributed by atoms with Gasteiger partial charge in [-0.15, -0.1) is 0 Å². The minimum Gasteiger partial charge on any atom is -0.436 e. The van der Waals surface area contributed by atoms with Crippen LogP contribution in [0.3, 0.4) is 0 Å². The van der Waals surface area contributed by atoms with E-state index in [1.165, 1.54) is 0 Å². The third kappa shape index (κ3) is 1.53. The largest absolute Gasteiger partial charge is 0.436 e. The van der Waals surface area contributed by atoms with Crippen LogP contribution in [0.1, 0.15) is 6.85 Å². The molecule has 1 heterocycles. The van der Waals surface area contributed by atoms with Gasteiger partial charge >= 0.3 is 0 Å². The Morgan fingerprint density at radius 2 is 2.00 bits per heavy atom. The lowest BCUT2D eigenvalue weighted by Crippen LogP contribution is -1.75. The van der Waals surface area contributed by atoms with Crippen LogP contribution in [0, 0.1) is 0 Å². The molecule has 3 rings (SSSR count). The van der Waals surface area contributed by atoms with Crippen molar-refractivity contribution < 1.29 is 11.3 Å². The van der Waals surface area contributed by atoms with E-state index in [1.54, 1.807) is 18.2 Å². The smallest absolute Gasteiger partial charge is 0.227 e. The van der Waals surface area contributed by atoms with E-state index in [2.05, 4.69) is 20.9 Å². The van der Waals surface area contributed by atoms with Gasteiger partial charge in [-0.1, -0.05) is 24.2 Å². The summed E-state index contributed by atoms with van der Waals surface area (Å²) in [7, 11) is 0. The highest BCUT2D eigenvalue weighted by Gasteiger charge is 2.09. The number of rotatable bonds is 1. The van der Waals surface area contributed by atoms with Crippen molar-refractivity contribution in [3.05, 3.63) is 52.9 Å². The van der Waals surface area contributed by atoms with Gasteiger partial charge in [0.25, 0.3) is 0 Å². The SMILES string of the molecule is [2H]c1c([2H])c([2H])c(-c2nc3c(Br)cccc3o2)c([2H])c1[2H]. The van der Waals surface area contributed by atoms with Crippen LogP contribution >= 0.6 is 15.9 Å². The first kappa shape index (κ1) is 5.64. The van der Waals surface area contributed by atoms with E-state index < -0.39 is 18.1 Å². The molecule has 0 bridgehead atoms. The van der Waals surface area contributed by atoms with Crippen molar-refractivity contribution in [2.24, 2.45) is 0 Å². The average molecular weight is 279 g/mol. The third-order valence-corrected chi connectivity index (χ3v) is 2.72. The van der Waals surface area contributed by atoms with Crippen molar-refractivity contribution in [1.82, 2.24) is 4.98 Å². The Balaban J connectivity index is 2.35. The van der Waals surface area contributed by atoms with E-state index in [9.17, 15) is 0 Å². The van der Waals surface area contributed by atoms with Gasteiger partial charge in [-0.25, -0.2) is 4.98 Å². The minimum atomic E-state index is -0.439. The molecule has 2 nitrogen and oxygen atoms in total. The van der Waals surface area contributed by atoms with Gasteiger partial charge in [0.1, 0.15) is 5.52 Å². The van der Waals surface area contributed by atoms with Crippen LogP contribution in [0.25, 0.3) is 22.6 Å². The fourth-order valence-electron chi connectivity index (χ4n) is 1.38. The molecule has 3 heteroatoms. The van der Waals surface area contributed by atoms with E-state index in [1.807, 2.05) is 0 Å². The summed E-state index contributed by atoms with van der Waals surface area (Å²) in [5, 5.41) is 0. The maximum Gasteiger partial charge on any atom is 0.227 e. The molecular weight excluding hydrogens is 266 g/mol. The maximum absolute atomic E-state index is 7.92. The minimum absolute atomic E-state index is 0.00824. The van der Waals surface area contributed by atoms with E-state index >= 15 is 0 Å². The number of nitrogens with zero attached hydrogens (tertiary/aromatic N) is 1. The first-order chi connectivity index (χ1) is 9.91. The molecule has 0 unspecified atom stereocenters. The van der Waals surface area contributed by atoms with Crippen molar-refractivity contribution in [3.63, 3.8) is 0 Å². The summed E-state index contributed by atoms with van der Waals surface area (Å²) in [4.78, 5) is 4.23. The molecule has 78 valence electrons. The summed E-state index contributed by atoms with van der Waals surface area (Å²) >= 11 is 3.34. The molecule has 0 spiro atoms. The Kier molecular flexibility index (Phi) is 1.32. The van der Waals surface area contributed by atoms with Crippen LogP contribution in [-0.2, 0) is 0 Å². The molecule has 16 heavy (non-hydrogen) atoms. The van der Waals surface area contributed by atoms with Crippen molar-refractivity contribution in [2.75, 3.05) is 0 Å². The Morgan fingerprint density at radius 1 is 1.19 bits per heavy atom. The highest BCUT2D eigenvalue weighted by molar-refractivity contribution is 9.10. The van der Waals surface area contributed by atoms with Crippen LogP contribution in [0.5, 0.6) is 0 Å². The molecule has 0 N–H and O–H groups in total. The zero-order valence-electron chi connectivity index (χ0n) is 13.0. The van der Waals surface area contributed by atoms with Crippen molar-refractivity contribution in [2.45, 2.75) is 0 Å². The fraction of sp³-hybridized carbons (Fsp3) is 0. The van der Waals surface area contributed by atoms with Crippen LogP contribution in [0.2, 0.25) is 0 Å². The molecule has 0 aliphatic heterocycles. The van der Waals surface area contributed by atoms with Gasteiger partial charge in [0.2, 0.25) is 5.89 Å². The predicted molar refractivity (Wildman–Crippen MR) is 67.1 cm³/mol. The summed E-state index contributed by atoms with van der Waals surface area (Å²) in [5.74, 6) is 0.00824. The molecule has 0 aliphatic carbocycles. The number of oxazole rings is 1. The summed E-state index contributed by atoms with van der Waals surface area (Å²) in [6.45, 7) is 0. The second-order valence-electron chi connectivity index (χ2n) is 3.11. The first-order valence-corrected chi connectivity index (χ1v) is 5.33. The van der Waals surface area contributed by atoms with Gasteiger partial charge in [-0.3, -0.25) is 0 Å². The van der Waals surface area contributed by atoms with Crippen LogP contribution in [-0.4, -0.2) is 4.98 Å². The number of benzene rings is 2. The average Bonchev–Trinajstić information content (AvgIpc) is 2.88. The number of hydrogen-bond donors (Lipinski definition) is 0. The van der Waals surface area contributed by atoms with E-state index in [0.29, 0.717) is 15.6 Å². The second-order valence-corrected chi connectivity index (χ2v) is 3.96. The van der Waals surface area contributed by atoms with Crippen molar-refractivity contribution in [3.8, 4) is 11.5 Å². The monoisotopic (exact) mass is 278 g/mol. The van der Waals surface area contributed by atoms with Gasteiger partial charge < -0.3 is 4.42 Å². The maximum atomic E-state index is 7.92. The number of aromatic nitrogens is 1. The molecule has 0 fully saturated rings. The molecule has 0 saturated carbocycles. The number of para-hydroxylation sites is 1. The Bertz CT molecular complexity index is 848. The normalized spacial score (nSPS) is 15.2. The van der Waals surface area contributed by atoms with E-state index in [-0.39, 0.29) is 23.5 Å². The molecule has 0 amide bonds. The zero-order chi connectivity index (χ0) is 15.3. The van der Waals surface area contributed by atoms with Crippen LogP contribution in [0.15, 0.2) is 57.3 Å². The van der Waals surface area contributed by atoms with Gasteiger partial charge in [0, 0.05) is 10.0 Å². The van der Waals surface area contributed by atoms with Crippen molar-refractivity contribution in [1.29, 1.82) is 0 Å². The Morgan fingerprint density at radius 3 is 2.75 bits per heavy atom. The zero-order valence-corrected chi connectivity index (χ0v) is 9.55. The lowest BCUT2D eigenvalue weighted by molar-refractivity contribution is 0.620. The first-order valence-electron chi connectivity index (χ1n) is 7.04. The van der Waals surface area contributed by atoms with Crippen LogP contribution in [0.4, 0.5) is 0 Å². The lowest BCUT2D eigenvalue weighted by Gasteiger charge is -1.91. The van der Waals surface area contributed by atoms with Gasteiger partial charge in [0.05, 0.1) is 6.85 Å². The molecule has 1 aromatic heterocycles. The number of fused-ring (bicyclic) bond motifs is 1. The van der Waals surface area contributed by atoms with Gasteiger partial charge in [0.15, 0.2) is 5.58 Å². The fourth-order valence-corrected chi connectivity index (χ4v) is 1.82. The molecule has 0 aliphatic rings. The standard InChI is InChI=1S/C13H8BrNO/c14-10-7-4-8-11-12(10)15-13(16-11)9-5-2-1-3-6-9/h1-8H/i1D,2D,3D,5D,6D. The summed E-state index contributed by atoms with van der Waals surface area (Å²) < 4.78 is 45.0. The number of hydrogen-bond acceptors (Lipinski definition) is 2. The predicted octanol–water partition coefficient (Wildman–Crippen LogP) is 4.26. The van der Waals surface area contributed by atoms with E-state index in [4.69, 9.17) is 11.3 Å². The van der Waals surface area contributed by atoms with Crippen molar-refractivity contribution >= 4 is 27.0 Å². The van der Waals surface area contributed by atoms with Crippen LogP contribution < -0.4 is 0 Å². The third-order valence-electron chi connectivity index (χ3n) is 2.08. The van der Waals surface area contributed by atoms with E-state index in [0.717, 1.165) is 0 Å². The molecule has 0 radical (unpaired) electrons. The molecule has 0 atom stereocenters. The molecule has 2 aromatic carbocycles. The lowest BCUT2D eigenvalue weighted by atomic mass is 10.2. The Hall–Kier alpha value is -1.61. The summed E-state index contributed by atoms with van der Waals surface area (Å²) in [5.41, 5.74) is 0.981. The summed E-state index contributed by atoms with van der Waals surface area (Å²) in [6, 6.07) is 3.34. The highest BCUT2D eigenvalue weighted by atomic mass is 79.9. The second kappa shape index (κ2) is 3.76. The highest BCUT2D eigenvalue weighted by Crippen LogP contribution is 2.28. The summed E-state index contributed by atoms with van der Waals surface area (Å²) in [6.07, 6.45) is 0.